The van der Waals surface area contributed by atoms with Crippen molar-refractivity contribution >= 4 is 16.8 Å². The van der Waals surface area contributed by atoms with E-state index in [1.807, 2.05) is 31.2 Å². The van der Waals surface area contributed by atoms with E-state index in [-0.39, 0.29) is 11.3 Å². The van der Waals surface area contributed by atoms with E-state index in [0.29, 0.717) is 36.0 Å². The molecule has 3 aromatic rings. The summed E-state index contributed by atoms with van der Waals surface area (Å²) in [6.07, 6.45) is 0.695. The Morgan fingerprint density at radius 2 is 1.92 bits per heavy atom. The number of pyridine rings is 1. The van der Waals surface area contributed by atoms with Gasteiger partial charge in [0.05, 0.1) is 17.7 Å². The summed E-state index contributed by atoms with van der Waals surface area (Å²) >= 11 is 0. The summed E-state index contributed by atoms with van der Waals surface area (Å²) in [7, 11) is 0. The number of ether oxygens (including phenoxy) is 1. The molecule has 0 fully saturated rings. The average molecular weight is 350 g/mol. The van der Waals surface area contributed by atoms with E-state index in [1.165, 1.54) is 6.07 Å². The van der Waals surface area contributed by atoms with Gasteiger partial charge < -0.3 is 15.0 Å². The summed E-state index contributed by atoms with van der Waals surface area (Å²) in [6.45, 7) is 4.83. The molecule has 0 aliphatic rings. The lowest BCUT2D eigenvalue weighted by Gasteiger charge is -2.10. The third-order valence-electron chi connectivity index (χ3n) is 4.20. The molecule has 0 unspecified atom stereocenters. The monoisotopic (exact) mass is 350 g/mol. The zero-order valence-corrected chi connectivity index (χ0v) is 15.0. The van der Waals surface area contributed by atoms with Crippen molar-refractivity contribution in [3.63, 3.8) is 0 Å². The zero-order valence-electron chi connectivity index (χ0n) is 15.0. The topological polar surface area (TPSA) is 71.2 Å². The van der Waals surface area contributed by atoms with Crippen LogP contribution in [0.4, 0.5) is 0 Å². The fourth-order valence-corrected chi connectivity index (χ4v) is 2.86. The maximum Gasteiger partial charge on any atom is 0.253 e. The number of rotatable bonds is 6. The lowest BCUT2D eigenvalue weighted by atomic mass is 10.1. The van der Waals surface area contributed by atoms with Crippen molar-refractivity contribution in [2.24, 2.45) is 0 Å². The molecule has 2 N–H and O–H groups in total. The average Bonchev–Trinajstić information content (AvgIpc) is 2.62. The van der Waals surface area contributed by atoms with Crippen molar-refractivity contribution in [2.75, 3.05) is 13.2 Å². The molecule has 0 saturated carbocycles. The summed E-state index contributed by atoms with van der Waals surface area (Å²) in [4.78, 5) is 27.7. The maximum absolute atomic E-state index is 12.5. The van der Waals surface area contributed by atoms with E-state index in [4.69, 9.17) is 4.74 Å². The normalized spacial score (nSPS) is 10.7. The molecule has 26 heavy (non-hydrogen) atoms. The van der Waals surface area contributed by atoms with E-state index in [9.17, 15) is 9.59 Å². The molecular weight excluding hydrogens is 328 g/mol. The number of nitrogens with one attached hydrogen (secondary N) is 2. The Balaban J connectivity index is 1.60. The number of aromatic nitrogens is 1. The van der Waals surface area contributed by atoms with Crippen molar-refractivity contribution in [3.05, 3.63) is 75.6 Å². The molecule has 0 aliphatic carbocycles. The highest BCUT2D eigenvalue weighted by Crippen LogP contribution is 2.16. The lowest BCUT2D eigenvalue weighted by molar-refractivity contribution is 0.0953. The maximum atomic E-state index is 12.5. The molecule has 0 spiro atoms. The highest BCUT2D eigenvalue weighted by atomic mass is 16.5. The molecule has 2 aromatic carbocycles. The standard InChI is InChI=1S/C21H22N2O3/c1-14-7-3-4-10-19(14)26-12-6-11-22-21(25)17-9-5-8-16-18(24)13-15(2)23-20(16)17/h3-5,7-10,13H,6,11-12H2,1-2H3,(H,22,25)(H,23,24). The fraction of sp³-hybridized carbons (Fsp3) is 0.238. The molecule has 134 valence electrons. The molecule has 3 rings (SSSR count). The number of hydrogen-bond donors (Lipinski definition) is 2. The van der Waals surface area contributed by atoms with Crippen LogP contribution < -0.4 is 15.5 Å². The molecule has 0 atom stereocenters. The van der Waals surface area contributed by atoms with Gasteiger partial charge in [0.1, 0.15) is 5.75 Å². The molecule has 1 aromatic heterocycles. The number of H-pyrrole nitrogens is 1. The van der Waals surface area contributed by atoms with Crippen molar-refractivity contribution in [2.45, 2.75) is 20.3 Å². The molecule has 1 amide bonds. The van der Waals surface area contributed by atoms with Crippen LogP contribution in [0.5, 0.6) is 5.75 Å². The van der Waals surface area contributed by atoms with Gasteiger partial charge in [-0.15, -0.1) is 0 Å². The second-order valence-electron chi connectivity index (χ2n) is 6.27. The number of amides is 1. The third-order valence-corrected chi connectivity index (χ3v) is 4.20. The van der Waals surface area contributed by atoms with Crippen LogP contribution >= 0.6 is 0 Å². The molecule has 1 heterocycles. The first kappa shape index (κ1) is 17.7. The van der Waals surface area contributed by atoms with Crippen molar-refractivity contribution in [1.29, 1.82) is 0 Å². The van der Waals surface area contributed by atoms with E-state index in [1.54, 1.807) is 25.1 Å². The fourth-order valence-electron chi connectivity index (χ4n) is 2.86. The van der Waals surface area contributed by atoms with Gasteiger partial charge in [0.15, 0.2) is 5.43 Å². The smallest absolute Gasteiger partial charge is 0.253 e. The van der Waals surface area contributed by atoms with Crippen molar-refractivity contribution < 1.29 is 9.53 Å². The van der Waals surface area contributed by atoms with Crippen LogP contribution in [0.2, 0.25) is 0 Å². The first-order chi connectivity index (χ1) is 12.6. The van der Waals surface area contributed by atoms with E-state index in [0.717, 1.165) is 17.0 Å². The SMILES string of the molecule is Cc1cc(=O)c2cccc(C(=O)NCCCOc3ccccc3C)c2[nH]1. The van der Waals surface area contributed by atoms with Gasteiger partial charge in [0.2, 0.25) is 0 Å². The van der Waals surface area contributed by atoms with Gasteiger partial charge in [0, 0.05) is 23.7 Å². The van der Waals surface area contributed by atoms with Gasteiger partial charge >= 0.3 is 0 Å². The quantitative estimate of drug-likeness (QED) is 0.670. The summed E-state index contributed by atoms with van der Waals surface area (Å²) in [5.41, 5.74) is 2.79. The molecule has 5 heteroatoms. The molecule has 5 nitrogen and oxygen atoms in total. The van der Waals surface area contributed by atoms with Gasteiger partial charge in [-0.3, -0.25) is 9.59 Å². The van der Waals surface area contributed by atoms with E-state index < -0.39 is 0 Å². The first-order valence-electron chi connectivity index (χ1n) is 8.65. The van der Waals surface area contributed by atoms with Crippen LogP contribution in [-0.2, 0) is 0 Å². The van der Waals surface area contributed by atoms with Crippen LogP contribution in [0.15, 0.2) is 53.3 Å². The Hall–Kier alpha value is -3.08. The van der Waals surface area contributed by atoms with Gasteiger partial charge in [-0.25, -0.2) is 0 Å². The third kappa shape index (κ3) is 3.94. The number of benzene rings is 2. The minimum Gasteiger partial charge on any atom is -0.493 e. The number of para-hydroxylation sites is 2. The number of carbonyl (C=O) groups is 1. The van der Waals surface area contributed by atoms with Crippen molar-refractivity contribution in [1.82, 2.24) is 10.3 Å². The zero-order chi connectivity index (χ0) is 18.5. The Morgan fingerprint density at radius 3 is 2.73 bits per heavy atom. The number of fused-ring (bicyclic) bond motifs is 1. The summed E-state index contributed by atoms with van der Waals surface area (Å²) in [6, 6.07) is 14.5. The van der Waals surface area contributed by atoms with Gasteiger partial charge in [-0.05, 0) is 44.0 Å². The van der Waals surface area contributed by atoms with Crippen LogP contribution in [0.3, 0.4) is 0 Å². The summed E-state index contributed by atoms with van der Waals surface area (Å²) in [5.74, 6) is 0.661. The van der Waals surface area contributed by atoms with Crippen LogP contribution in [0.1, 0.15) is 28.0 Å². The molecule has 0 radical (unpaired) electrons. The number of aryl methyl sites for hydroxylation is 2. The molecular formula is C21H22N2O3. The molecule has 0 aliphatic heterocycles. The van der Waals surface area contributed by atoms with Crippen molar-refractivity contribution in [3.8, 4) is 5.75 Å². The van der Waals surface area contributed by atoms with Crippen LogP contribution in [0.25, 0.3) is 10.9 Å². The van der Waals surface area contributed by atoms with Gasteiger partial charge in [-0.2, -0.15) is 0 Å². The highest BCUT2D eigenvalue weighted by molar-refractivity contribution is 6.05. The summed E-state index contributed by atoms with van der Waals surface area (Å²) in [5, 5.41) is 3.41. The predicted octanol–water partition coefficient (Wildman–Crippen LogP) is 3.34. The Kier molecular flexibility index (Phi) is 5.37. The largest absolute Gasteiger partial charge is 0.493 e. The lowest BCUT2D eigenvalue weighted by Crippen LogP contribution is -2.26. The van der Waals surface area contributed by atoms with E-state index >= 15 is 0 Å². The second kappa shape index (κ2) is 7.87. The minimum absolute atomic E-state index is 0.0856. The summed E-state index contributed by atoms with van der Waals surface area (Å²) < 4.78 is 5.73. The Labute approximate surface area is 152 Å². The Morgan fingerprint density at radius 1 is 1.12 bits per heavy atom. The Bertz CT molecular complexity index is 992. The number of aromatic amines is 1. The first-order valence-corrected chi connectivity index (χ1v) is 8.65. The molecule has 0 saturated heterocycles. The number of carbonyl (C=O) groups excluding carboxylic acids is 1. The predicted molar refractivity (Wildman–Crippen MR) is 103 cm³/mol. The van der Waals surface area contributed by atoms with Gasteiger partial charge in [0.25, 0.3) is 5.91 Å². The van der Waals surface area contributed by atoms with Crippen LogP contribution in [0, 0.1) is 13.8 Å². The highest BCUT2D eigenvalue weighted by Gasteiger charge is 2.11. The minimum atomic E-state index is -0.201. The number of hydrogen-bond acceptors (Lipinski definition) is 3. The molecule has 0 bridgehead atoms. The van der Waals surface area contributed by atoms with Gasteiger partial charge in [-0.1, -0.05) is 24.3 Å². The van der Waals surface area contributed by atoms with E-state index in [2.05, 4.69) is 10.3 Å². The van der Waals surface area contributed by atoms with Crippen LogP contribution in [-0.4, -0.2) is 24.0 Å². The second-order valence-corrected chi connectivity index (χ2v) is 6.27.